The number of carbonyl (C=O) groups excluding carboxylic acids is 1. The van der Waals surface area contributed by atoms with E-state index in [1.54, 1.807) is 6.92 Å². The second kappa shape index (κ2) is 7.24. The Kier molecular flexibility index (Phi) is 5.11. The number of nitrogens with zero attached hydrogens (tertiary/aromatic N) is 1. The molecule has 2 aromatic rings. The Bertz CT molecular complexity index is 722. The molecule has 22 heavy (non-hydrogen) atoms. The summed E-state index contributed by atoms with van der Waals surface area (Å²) in [6, 6.07) is 19.2. The summed E-state index contributed by atoms with van der Waals surface area (Å²) < 4.78 is 5.02. The van der Waals surface area contributed by atoms with Crippen molar-refractivity contribution in [1.29, 1.82) is 5.26 Å². The van der Waals surface area contributed by atoms with Crippen LogP contribution in [0.2, 0.25) is 0 Å². The molecule has 0 bridgehead atoms. The zero-order valence-electron chi connectivity index (χ0n) is 12.7. The Morgan fingerprint density at radius 1 is 1.05 bits per heavy atom. The summed E-state index contributed by atoms with van der Waals surface area (Å²) in [7, 11) is 0. The van der Waals surface area contributed by atoms with E-state index in [9.17, 15) is 10.1 Å². The van der Waals surface area contributed by atoms with Crippen molar-refractivity contribution in [2.24, 2.45) is 0 Å². The van der Waals surface area contributed by atoms with Crippen molar-refractivity contribution >= 4 is 11.5 Å². The number of carbonyl (C=O) groups is 1. The summed E-state index contributed by atoms with van der Waals surface area (Å²) in [5.74, 6) is -0.593. The van der Waals surface area contributed by atoms with Crippen molar-refractivity contribution in [1.82, 2.24) is 0 Å². The van der Waals surface area contributed by atoms with Gasteiger partial charge in [-0.25, -0.2) is 4.79 Å². The lowest BCUT2D eigenvalue weighted by atomic mass is 9.93. The van der Waals surface area contributed by atoms with Gasteiger partial charge >= 0.3 is 5.97 Å². The molecule has 0 spiro atoms. The normalized spacial score (nSPS) is 11.3. The number of benzene rings is 2. The van der Waals surface area contributed by atoms with Crippen LogP contribution in [0.1, 0.15) is 23.6 Å². The van der Waals surface area contributed by atoms with Gasteiger partial charge in [0.15, 0.2) is 0 Å². The zero-order chi connectivity index (χ0) is 15.9. The first-order chi connectivity index (χ1) is 10.7. The van der Waals surface area contributed by atoms with Crippen LogP contribution < -0.4 is 0 Å². The van der Waals surface area contributed by atoms with Crippen LogP contribution in [0.15, 0.2) is 60.2 Å². The van der Waals surface area contributed by atoms with Gasteiger partial charge in [0.05, 0.1) is 6.61 Å². The van der Waals surface area contributed by atoms with Gasteiger partial charge in [0.2, 0.25) is 0 Å². The van der Waals surface area contributed by atoms with Gasteiger partial charge in [0, 0.05) is 5.57 Å². The molecule has 3 heteroatoms. The summed E-state index contributed by atoms with van der Waals surface area (Å²) in [6.07, 6.45) is 0. The third kappa shape index (κ3) is 3.42. The van der Waals surface area contributed by atoms with Gasteiger partial charge < -0.3 is 4.74 Å². The second-order valence-electron chi connectivity index (χ2n) is 4.81. The van der Waals surface area contributed by atoms with Crippen molar-refractivity contribution in [3.05, 3.63) is 76.9 Å². The predicted octanol–water partition coefficient (Wildman–Crippen LogP) is 3.88. The molecule has 0 saturated heterocycles. The van der Waals surface area contributed by atoms with E-state index in [-0.39, 0.29) is 12.2 Å². The highest BCUT2D eigenvalue weighted by Gasteiger charge is 2.19. The molecule has 0 N–H and O–H groups in total. The average molecular weight is 291 g/mol. The SMILES string of the molecule is CCOC(=O)/C(C#N)=C(\c1ccccc1)c1ccc(C)cc1. The summed E-state index contributed by atoms with van der Waals surface area (Å²) in [5.41, 5.74) is 3.38. The standard InChI is InChI=1S/C19H17NO2/c1-3-22-19(21)17(13-20)18(15-7-5-4-6-8-15)16-11-9-14(2)10-12-16/h4-12H,3H2,1-2H3/b18-17+. The van der Waals surface area contributed by atoms with Crippen LogP contribution in [-0.4, -0.2) is 12.6 Å². The third-order valence-electron chi connectivity index (χ3n) is 3.24. The van der Waals surface area contributed by atoms with E-state index in [0.29, 0.717) is 5.57 Å². The fourth-order valence-electron chi connectivity index (χ4n) is 2.19. The molecule has 2 aromatic carbocycles. The molecular weight excluding hydrogens is 274 g/mol. The molecule has 0 radical (unpaired) electrons. The van der Waals surface area contributed by atoms with Crippen LogP contribution in [0.4, 0.5) is 0 Å². The van der Waals surface area contributed by atoms with Crippen LogP contribution in [0.25, 0.3) is 5.57 Å². The molecule has 0 aliphatic carbocycles. The Hall–Kier alpha value is -2.86. The molecule has 0 aromatic heterocycles. The Morgan fingerprint density at radius 2 is 1.64 bits per heavy atom. The second-order valence-corrected chi connectivity index (χ2v) is 4.81. The highest BCUT2D eigenvalue weighted by atomic mass is 16.5. The van der Waals surface area contributed by atoms with E-state index in [2.05, 4.69) is 0 Å². The lowest BCUT2D eigenvalue weighted by Crippen LogP contribution is -2.09. The van der Waals surface area contributed by atoms with Crippen LogP contribution >= 0.6 is 0 Å². The van der Waals surface area contributed by atoms with Crippen LogP contribution in [0, 0.1) is 18.3 Å². The molecule has 0 aliphatic rings. The maximum atomic E-state index is 12.1. The minimum Gasteiger partial charge on any atom is -0.462 e. The maximum absolute atomic E-state index is 12.1. The minimum atomic E-state index is -0.593. The first kappa shape index (κ1) is 15.5. The topological polar surface area (TPSA) is 50.1 Å². The molecule has 110 valence electrons. The fraction of sp³-hybridized carbons (Fsp3) is 0.158. The van der Waals surface area contributed by atoms with Crippen molar-refractivity contribution in [2.75, 3.05) is 6.61 Å². The van der Waals surface area contributed by atoms with Crippen LogP contribution in [0.5, 0.6) is 0 Å². The number of ether oxygens (including phenoxy) is 1. The number of esters is 1. The number of nitriles is 1. The van der Waals surface area contributed by atoms with Gasteiger partial charge in [0.1, 0.15) is 11.6 Å². The number of hydrogen-bond donors (Lipinski definition) is 0. The molecule has 3 nitrogen and oxygen atoms in total. The molecule has 0 atom stereocenters. The van der Waals surface area contributed by atoms with Crippen molar-refractivity contribution in [2.45, 2.75) is 13.8 Å². The molecule has 0 fully saturated rings. The van der Waals surface area contributed by atoms with E-state index < -0.39 is 5.97 Å². The molecular formula is C19H17NO2. The summed E-state index contributed by atoms with van der Waals surface area (Å²) in [5, 5.41) is 9.46. The quantitative estimate of drug-likeness (QED) is 0.488. The molecule has 0 amide bonds. The van der Waals surface area contributed by atoms with Gasteiger partial charge in [-0.2, -0.15) is 5.26 Å². The summed E-state index contributed by atoms with van der Waals surface area (Å²) in [6.45, 7) is 3.95. The van der Waals surface area contributed by atoms with Crippen LogP contribution in [-0.2, 0) is 9.53 Å². The van der Waals surface area contributed by atoms with Crippen molar-refractivity contribution in [3.63, 3.8) is 0 Å². The predicted molar refractivity (Wildman–Crippen MR) is 85.9 cm³/mol. The fourth-order valence-corrected chi connectivity index (χ4v) is 2.19. The van der Waals surface area contributed by atoms with Crippen LogP contribution in [0.3, 0.4) is 0 Å². The van der Waals surface area contributed by atoms with Crippen molar-refractivity contribution < 1.29 is 9.53 Å². The number of aryl methyl sites for hydroxylation is 1. The molecule has 0 unspecified atom stereocenters. The monoisotopic (exact) mass is 291 g/mol. The Balaban J connectivity index is 2.67. The Labute approximate surface area is 130 Å². The maximum Gasteiger partial charge on any atom is 0.349 e. The Morgan fingerprint density at radius 3 is 2.18 bits per heavy atom. The van der Waals surface area contributed by atoms with E-state index in [1.807, 2.05) is 67.6 Å². The van der Waals surface area contributed by atoms with Gasteiger partial charge in [0.25, 0.3) is 0 Å². The highest BCUT2D eigenvalue weighted by Crippen LogP contribution is 2.27. The van der Waals surface area contributed by atoms with E-state index >= 15 is 0 Å². The van der Waals surface area contributed by atoms with Gasteiger partial charge in [-0.1, -0.05) is 60.2 Å². The van der Waals surface area contributed by atoms with Gasteiger partial charge in [-0.3, -0.25) is 0 Å². The molecule has 0 saturated carbocycles. The molecule has 0 aliphatic heterocycles. The first-order valence-corrected chi connectivity index (χ1v) is 7.11. The van der Waals surface area contributed by atoms with E-state index in [4.69, 9.17) is 4.74 Å². The third-order valence-corrected chi connectivity index (χ3v) is 3.24. The first-order valence-electron chi connectivity index (χ1n) is 7.11. The van der Waals surface area contributed by atoms with E-state index in [1.165, 1.54) is 0 Å². The lowest BCUT2D eigenvalue weighted by Gasteiger charge is -2.11. The summed E-state index contributed by atoms with van der Waals surface area (Å²) in [4.78, 5) is 12.1. The highest BCUT2D eigenvalue weighted by molar-refractivity contribution is 6.05. The van der Waals surface area contributed by atoms with Crippen molar-refractivity contribution in [3.8, 4) is 6.07 Å². The molecule has 0 heterocycles. The number of hydrogen-bond acceptors (Lipinski definition) is 3. The smallest absolute Gasteiger partial charge is 0.349 e. The minimum absolute atomic E-state index is 0.0249. The lowest BCUT2D eigenvalue weighted by molar-refractivity contribution is -0.137. The number of rotatable bonds is 4. The molecule has 2 rings (SSSR count). The zero-order valence-corrected chi connectivity index (χ0v) is 12.7. The van der Waals surface area contributed by atoms with Gasteiger partial charge in [-0.15, -0.1) is 0 Å². The average Bonchev–Trinajstić information content (AvgIpc) is 2.54. The summed E-state index contributed by atoms with van der Waals surface area (Å²) >= 11 is 0. The largest absolute Gasteiger partial charge is 0.462 e. The van der Waals surface area contributed by atoms with Gasteiger partial charge in [-0.05, 0) is 25.0 Å². The van der Waals surface area contributed by atoms with E-state index in [0.717, 1.165) is 16.7 Å².